The topological polar surface area (TPSA) is 40.6 Å². The molecule has 1 aliphatic carbocycles. The predicted octanol–water partition coefficient (Wildman–Crippen LogP) is 3.89. The summed E-state index contributed by atoms with van der Waals surface area (Å²) >= 11 is 11.6. The van der Waals surface area contributed by atoms with Crippen LogP contribution >= 0.6 is 23.8 Å². The van der Waals surface area contributed by atoms with Gasteiger partial charge < -0.3 is 4.90 Å². The summed E-state index contributed by atoms with van der Waals surface area (Å²) in [7, 11) is 3.86. The molecule has 138 valence electrons. The van der Waals surface area contributed by atoms with Gasteiger partial charge in [0.1, 0.15) is 5.82 Å². The number of thiocarbonyl (C=S) groups is 1. The quantitative estimate of drug-likeness (QED) is 0.431. The van der Waals surface area contributed by atoms with Crippen molar-refractivity contribution in [2.24, 2.45) is 0 Å². The van der Waals surface area contributed by atoms with Crippen LogP contribution in [0.15, 0.2) is 23.3 Å². The summed E-state index contributed by atoms with van der Waals surface area (Å²) in [4.78, 5) is 28.9. The summed E-state index contributed by atoms with van der Waals surface area (Å²) < 4.78 is 14.6. The molecule has 1 aromatic carbocycles. The van der Waals surface area contributed by atoms with Gasteiger partial charge >= 0.3 is 0 Å². The molecular weight excluding hydrogens is 375 g/mol. The number of halogens is 2. The van der Waals surface area contributed by atoms with Crippen molar-refractivity contribution in [1.29, 1.82) is 0 Å². The molecule has 0 bridgehead atoms. The number of nitrogens with zero attached hydrogens (tertiary/aromatic N) is 2. The fourth-order valence-electron chi connectivity index (χ4n) is 3.34. The molecule has 0 saturated carbocycles. The summed E-state index contributed by atoms with van der Waals surface area (Å²) in [5.41, 5.74) is 1.46. The molecule has 1 heterocycles. The molecule has 0 N–H and O–H groups in total. The summed E-state index contributed by atoms with van der Waals surface area (Å²) in [6.07, 6.45) is 3.45. The largest absolute Gasteiger partial charge is 0.309 e. The number of carbonyl (C=O) groups excluding carboxylic acids is 2. The van der Waals surface area contributed by atoms with Crippen LogP contribution in [0.2, 0.25) is 5.02 Å². The van der Waals surface area contributed by atoms with Crippen LogP contribution in [0.25, 0.3) is 0 Å². The molecule has 4 nitrogen and oxygen atoms in total. The van der Waals surface area contributed by atoms with Gasteiger partial charge in [-0.3, -0.25) is 9.59 Å². The minimum Gasteiger partial charge on any atom is -0.309 e. The van der Waals surface area contributed by atoms with E-state index in [9.17, 15) is 14.0 Å². The van der Waals surface area contributed by atoms with Crippen molar-refractivity contribution in [1.82, 2.24) is 4.90 Å². The van der Waals surface area contributed by atoms with Gasteiger partial charge in [-0.1, -0.05) is 23.8 Å². The van der Waals surface area contributed by atoms with Crippen molar-refractivity contribution in [2.45, 2.75) is 32.1 Å². The van der Waals surface area contributed by atoms with Crippen molar-refractivity contribution in [3.8, 4) is 0 Å². The minimum atomic E-state index is -0.698. The number of carbonyl (C=O) groups is 2. The third kappa shape index (κ3) is 3.46. The van der Waals surface area contributed by atoms with E-state index in [1.807, 2.05) is 19.0 Å². The molecule has 2 amide bonds. The molecule has 1 aliphatic heterocycles. The number of anilines is 1. The van der Waals surface area contributed by atoms with Crippen LogP contribution in [0.4, 0.5) is 10.1 Å². The number of amides is 2. The van der Waals surface area contributed by atoms with Crippen LogP contribution in [-0.2, 0) is 9.59 Å². The lowest BCUT2D eigenvalue weighted by molar-refractivity contribution is -0.120. The van der Waals surface area contributed by atoms with Gasteiger partial charge in [0.2, 0.25) is 0 Å². The van der Waals surface area contributed by atoms with Crippen molar-refractivity contribution in [3.63, 3.8) is 0 Å². The van der Waals surface area contributed by atoms with Gasteiger partial charge in [0.05, 0.1) is 10.7 Å². The Hall–Kier alpha value is -1.63. The maximum absolute atomic E-state index is 14.6. The summed E-state index contributed by atoms with van der Waals surface area (Å²) in [5, 5.41) is 0.187. The van der Waals surface area contributed by atoms with Crippen LogP contribution in [0.5, 0.6) is 0 Å². The van der Waals surface area contributed by atoms with Gasteiger partial charge in [-0.05, 0) is 58.3 Å². The average molecular weight is 395 g/mol. The smallest absolute Gasteiger partial charge is 0.261 e. The highest BCUT2D eigenvalue weighted by Gasteiger charge is 2.41. The van der Waals surface area contributed by atoms with Crippen LogP contribution in [0, 0.1) is 5.82 Å². The second-order valence-corrected chi connectivity index (χ2v) is 7.77. The summed E-state index contributed by atoms with van der Waals surface area (Å²) in [6.45, 7) is 0.722. The molecule has 0 saturated heterocycles. The van der Waals surface area contributed by atoms with E-state index in [2.05, 4.69) is 0 Å². The lowest BCUT2D eigenvalue weighted by Crippen LogP contribution is -2.32. The monoisotopic (exact) mass is 394 g/mol. The van der Waals surface area contributed by atoms with E-state index in [1.54, 1.807) is 0 Å². The Morgan fingerprint density at radius 3 is 2.31 bits per heavy atom. The molecule has 26 heavy (non-hydrogen) atoms. The van der Waals surface area contributed by atoms with Crippen LogP contribution in [0.3, 0.4) is 0 Å². The first-order valence-electron chi connectivity index (χ1n) is 8.59. The second-order valence-electron chi connectivity index (χ2n) is 6.87. The average Bonchev–Trinajstić information content (AvgIpc) is 2.85. The number of imide groups is 1. The van der Waals surface area contributed by atoms with Crippen molar-refractivity contribution in [2.75, 3.05) is 25.5 Å². The van der Waals surface area contributed by atoms with Gasteiger partial charge in [-0.2, -0.15) is 0 Å². The number of benzene rings is 1. The molecule has 2 aliphatic rings. The molecule has 0 unspecified atom stereocenters. The molecule has 1 aromatic rings. The fraction of sp³-hybridized carbons (Fsp3) is 0.421. The van der Waals surface area contributed by atoms with E-state index >= 15 is 0 Å². The zero-order valence-corrected chi connectivity index (χ0v) is 16.3. The van der Waals surface area contributed by atoms with E-state index in [4.69, 9.17) is 23.8 Å². The lowest BCUT2D eigenvalue weighted by Gasteiger charge is -2.18. The SMILES string of the molecule is CN(C)CCC(=S)c1cc(N2C(=O)C3=C(CCCC3)C2=O)c(F)cc1Cl. The van der Waals surface area contributed by atoms with Crippen LogP contribution < -0.4 is 4.90 Å². The van der Waals surface area contributed by atoms with E-state index in [-0.39, 0.29) is 10.7 Å². The molecule has 7 heteroatoms. The predicted molar refractivity (Wildman–Crippen MR) is 104 cm³/mol. The molecule has 0 radical (unpaired) electrons. The van der Waals surface area contributed by atoms with Crippen molar-refractivity contribution >= 4 is 46.2 Å². The Balaban J connectivity index is 1.96. The standard InChI is InChI=1S/C19H20ClFN2O2S/c1-22(2)8-7-17(26)13-9-16(15(21)10-14(13)20)23-18(24)11-5-3-4-6-12(11)19(23)25/h9-10H,3-8H2,1-2H3. The first kappa shape index (κ1) is 19.1. The Bertz CT molecular complexity index is 807. The molecule has 0 atom stereocenters. The van der Waals surface area contributed by atoms with Gasteiger partial charge in [0.25, 0.3) is 11.8 Å². The number of rotatable bonds is 5. The van der Waals surface area contributed by atoms with Crippen molar-refractivity contribution in [3.05, 3.63) is 39.7 Å². The normalized spacial score (nSPS) is 17.3. The maximum Gasteiger partial charge on any atom is 0.261 e. The third-order valence-electron chi connectivity index (χ3n) is 4.75. The summed E-state index contributed by atoms with van der Waals surface area (Å²) in [5.74, 6) is -1.54. The Kier molecular flexibility index (Phi) is 5.55. The lowest BCUT2D eigenvalue weighted by atomic mass is 9.93. The van der Waals surface area contributed by atoms with Gasteiger partial charge in [-0.25, -0.2) is 9.29 Å². The fourth-order valence-corrected chi connectivity index (χ4v) is 3.92. The minimum absolute atomic E-state index is 0.0685. The van der Waals surface area contributed by atoms with Crippen LogP contribution in [0.1, 0.15) is 37.7 Å². The Labute approximate surface area is 162 Å². The molecule has 0 spiro atoms. The first-order valence-corrected chi connectivity index (χ1v) is 9.37. The van der Waals surface area contributed by atoms with E-state index in [0.29, 0.717) is 40.8 Å². The zero-order valence-electron chi connectivity index (χ0n) is 14.8. The molecule has 0 fully saturated rings. The maximum atomic E-state index is 14.6. The Morgan fingerprint density at radius 1 is 1.19 bits per heavy atom. The molecular formula is C19H20ClFN2O2S. The highest BCUT2D eigenvalue weighted by Crippen LogP contribution is 2.38. The highest BCUT2D eigenvalue weighted by molar-refractivity contribution is 7.80. The van der Waals surface area contributed by atoms with Crippen molar-refractivity contribution < 1.29 is 14.0 Å². The van der Waals surface area contributed by atoms with Gasteiger partial charge in [0.15, 0.2) is 0 Å². The van der Waals surface area contributed by atoms with Crippen LogP contribution in [-0.4, -0.2) is 42.2 Å². The first-order chi connectivity index (χ1) is 12.3. The number of hydrogen-bond acceptors (Lipinski definition) is 4. The van der Waals surface area contributed by atoms with Gasteiger partial charge in [-0.15, -0.1) is 0 Å². The molecule has 0 aromatic heterocycles. The highest BCUT2D eigenvalue weighted by atomic mass is 35.5. The second kappa shape index (κ2) is 7.55. The van der Waals surface area contributed by atoms with Gasteiger partial charge in [0, 0.05) is 28.1 Å². The zero-order chi connectivity index (χ0) is 19.0. The van der Waals surface area contributed by atoms with E-state index in [0.717, 1.165) is 30.4 Å². The Morgan fingerprint density at radius 2 is 1.77 bits per heavy atom. The van der Waals surface area contributed by atoms with E-state index in [1.165, 1.54) is 6.07 Å². The molecule has 3 rings (SSSR count). The van der Waals surface area contributed by atoms with E-state index < -0.39 is 17.6 Å². The number of hydrogen-bond donors (Lipinski definition) is 0. The summed E-state index contributed by atoms with van der Waals surface area (Å²) in [6, 6.07) is 2.57. The third-order valence-corrected chi connectivity index (χ3v) is 5.49.